The molecule has 3 atom stereocenters. The third-order valence-electron chi connectivity index (χ3n) is 6.43. The van der Waals surface area contributed by atoms with E-state index in [-0.39, 0.29) is 18.1 Å². The lowest BCUT2D eigenvalue weighted by atomic mass is 9.88. The van der Waals surface area contributed by atoms with Gasteiger partial charge in [-0.15, -0.1) is 0 Å². The van der Waals surface area contributed by atoms with E-state index in [1.54, 1.807) is 0 Å². The second-order valence-electron chi connectivity index (χ2n) is 8.62. The smallest absolute Gasteiger partial charge is 0.261 e. The van der Waals surface area contributed by atoms with Gasteiger partial charge in [0.05, 0.1) is 36.0 Å². The molecule has 29 heavy (non-hydrogen) atoms. The van der Waals surface area contributed by atoms with Crippen LogP contribution < -0.4 is 16.2 Å². The Kier molecular flexibility index (Phi) is 6.29. The maximum atomic E-state index is 13.1. The second-order valence-corrected chi connectivity index (χ2v) is 8.62. The maximum absolute atomic E-state index is 13.1. The molecule has 1 unspecified atom stereocenters. The van der Waals surface area contributed by atoms with E-state index in [9.17, 15) is 15.0 Å². The summed E-state index contributed by atoms with van der Waals surface area (Å²) in [6, 6.07) is 4.04. The van der Waals surface area contributed by atoms with Gasteiger partial charge in [-0.2, -0.15) is 0 Å². The summed E-state index contributed by atoms with van der Waals surface area (Å²) in [6.07, 6.45) is 4.64. The number of aryl methyl sites for hydroxylation is 1. The van der Waals surface area contributed by atoms with E-state index in [0.717, 1.165) is 56.4 Å². The van der Waals surface area contributed by atoms with Crippen molar-refractivity contribution >= 4 is 10.9 Å². The molecule has 2 aliphatic heterocycles. The van der Waals surface area contributed by atoms with E-state index in [4.69, 9.17) is 0 Å². The highest BCUT2D eigenvalue weighted by Gasteiger charge is 2.25. The minimum absolute atomic E-state index is 0.106. The number of hydrogen-bond acceptors (Lipinski definition) is 6. The molecule has 0 radical (unpaired) electrons. The molecular weight excluding hydrogens is 368 g/mol. The summed E-state index contributed by atoms with van der Waals surface area (Å²) in [7, 11) is 0. The molecule has 7 heteroatoms. The van der Waals surface area contributed by atoms with E-state index >= 15 is 0 Å². The number of aliphatic hydroxyl groups is 2. The van der Waals surface area contributed by atoms with Crippen LogP contribution in [0, 0.1) is 6.92 Å². The highest BCUT2D eigenvalue weighted by atomic mass is 16.3. The molecule has 2 aliphatic rings. The van der Waals surface area contributed by atoms with Crippen molar-refractivity contribution in [3.8, 4) is 0 Å². The monoisotopic (exact) mass is 400 g/mol. The number of aromatic nitrogens is 2. The zero-order valence-electron chi connectivity index (χ0n) is 17.1. The number of rotatable bonds is 5. The Morgan fingerprint density at radius 3 is 2.79 bits per heavy atom. The van der Waals surface area contributed by atoms with Gasteiger partial charge in [-0.25, -0.2) is 4.98 Å². The van der Waals surface area contributed by atoms with Crippen LogP contribution in [0.2, 0.25) is 0 Å². The van der Waals surface area contributed by atoms with Gasteiger partial charge >= 0.3 is 0 Å². The maximum Gasteiger partial charge on any atom is 0.261 e. The van der Waals surface area contributed by atoms with Crippen molar-refractivity contribution in [1.29, 1.82) is 0 Å². The molecule has 0 spiro atoms. The molecule has 1 aromatic heterocycles. The lowest BCUT2D eigenvalue weighted by Crippen LogP contribution is -2.47. The van der Waals surface area contributed by atoms with Gasteiger partial charge in [-0.3, -0.25) is 9.36 Å². The number of nitrogens with one attached hydrogen (secondary N) is 2. The Morgan fingerprint density at radius 1 is 1.24 bits per heavy atom. The van der Waals surface area contributed by atoms with E-state index in [1.807, 2.05) is 13.0 Å². The zero-order valence-corrected chi connectivity index (χ0v) is 17.1. The number of fused-ring (bicyclic) bond motifs is 1. The highest BCUT2D eigenvalue weighted by molar-refractivity contribution is 5.81. The van der Waals surface area contributed by atoms with Crippen LogP contribution in [0.15, 0.2) is 23.3 Å². The topological polar surface area (TPSA) is 99.4 Å². The van der Waals surface area contributed by atoms with Gasteiger partial charge in [0.1, 0.15) is 0 Å². The first-order chi connectivity index (χ1) is 14.0. The van der Waals surface area contributed by atoms with Crippen molar-refractivity contribution in [2.75, 3.05) is 19.6 Å². The Labute approximate surface area is 171 Å². The number of benzene rings is 1. The molecule has 1 aromatic carbocycles. The summed E-state index contributed by atoms with van der Waals surface area (Å²) in [4.78, 5) is 17.7. The van der Waals surface area contributed by atoms with E-state index in [1.165, 1.54) is 16.5 Å². The predicted octanol–water partition coefficient (Wildman–Crippen LogP) is 1.04. The molecule has 0 saturated carbocycles. The molecule has 4 rings (SSSR count). The van der Waals surface area contributed by atoms with Crippen LogP contribution in [0.4, 0.5) is 0 Å². The van der Waals surface area contributed by atoms with Gasteiger partial charge in [-0.1, -0.05) is 6.07 Å². The summed E-state index contributed by atoms with van der Waals surface area (Å²) in [5, 5.41) is 27.9. The Bertz CT molecular complexity index is 907. The average molecular weight is 401 g/mol. The summed E-state index contributed by atoms with van der Waals surface area (Å²) < 4.78 is 1.51. The van der Waals surface area contributed by atoms with Crippen LogP contribution >= 0.6 is 0 Å². The van der Waals surface area contributed by atoms with Gasteiger partial charge in [0.25, 0.3) is 5.56 Å². The third-order valence-corrected chi connectivity index (χ3v) is 6.43. The summed E-state index contributed by atoms with van der Waals surface area (Å²) in [5.41, 5.74) is 2.87. The fraction of sp³-hybridized carbons (Fsp3) is 0.636. The normalized spacial score (nSPS) is 24.7. The first-order valence-electron chi connectivity index (χ1n) is 10.8. The molecule has 7 nitrogen and oxygen atoms in total. The fourth-order valence-electron chi connectivity index (χ4n) is 4.77. The molecule has 0 aliphatic carbocycles. The van der Waals surface area contributed by atoms with Crippen molar-refractivity contribution in [3.63, 3.8) is 0 Å². The van der Waals surface area contributed by atoms with Crippen LogP contribution in [0.5, 0.6) is 0 Å². The van der Waals surface area contributed by atoms with Crippen LogP contribution in [0.1, 0.15) is 49.1 Å². The summed E-state index contributed by atoms with van der Waals surface area (Å²) in [6.45, 7) is 5.06. The van der Waals surface area contributed by atoms with Gasteiger partial charge in [0.2, 0.25) is 0 Å². The Hall–Kier alpha value is -1.80. The second kappa shape index (κ2) is 8.92. The first kappa shape index (κ1) is 20.5. The summed E-state index contributed by atoms with van der Waals surface area (Å²) in [5.74, 6) is 0.469. The van der Waals surface area contributed by atoms with Crippen molar-refractivity contribution < 1.29 is 10.2 Å². The van der Waals surface area contributed by atoms with Crippen molar-refractivity contribution in [1.82, 2.24) is 20.2 Å². The van der Waals surface area contributed by atoms with Crippen LogP contribution in [-0.2, 0) is 6.54 Å². The minimum atomic E-state index is -0.717. The molecule has 2 aromatic rings. The van der Waals surface area contributed by atoms with Gasteiger partial charge in [0.15, 0.2) is 0 Å². The number of aliphatic hydroxyl groups excluding tert-OH is 2. The van der Waals surface area contributed by atoms with Crippen LogP contribution in [0.25, 0.3) is 10.9 Å². The van der Waals surface area contributed by atoms with Crippen molar-refractivity contribution in [2.45, 2.75) is 69.7 Å². The number of hydrogen-bond donors (Lipinski definition) is 4. The molecule has 2 fully saturated rings. The molecule has 0 amide bonds. The largest absolute Gasteiger partial charge is 0.392 e. The molecular formula is C22H32N4O3. The molecule has 2 saturated heterocycles. The third kappa shape index (κ3) is 4.53. The van der Waals surface area contributed by atoms with Crippen molar-refractivity contribution in [2.24, 2.45) is 0 Å². The molecule has 0 bridgehead atoms. The van der Waals surface area contributed by atoms with E-state index < -0.39 is 12.2 Å². The molecule has 3 heterocycles. The molecule has 158 valence electrons. The van der Waals surface area contributed by atoms with Crippen LogP contribution in [0.3, 0.4) is 0 Å². The van der Waals surface area contributed by atoms with Gasteiger partial charge in [-0.05, 0) is 81.8 Å². The van der Waals surface area contributed by atoms with Gasteiger partial charge < -0.3 is 20.8 Å². The lowest BCUT2D eigenvalue weighted by Gasteiger charge is -2.30. The highest BCUT2D eigenvalue weighted by Crippen LogP contribution is 2.28. The Morgan fingerprint density at radius 2 is 2.03 bits per heavy atom. The first-order valence-corrected chi connectivity index (χ1v) is 10.8. The average Bonchev–Trinajstić information content (AvgIpc) is 2.72. The standard InChI is InChI=1S/C22H32N4O3/c1-14-9-16(15-4-7-23-8-5-15)10-18-21(14)25-13-26(22(18)29)12-17(27)11-19-20(28)3-2-6-24-19/h9-10,13,15,17,19-20,23-24,27-28H,2-8,11-12H2,1H3/t17?,19-,20+/m1/s1. The van der Waals surface area contributed by atoms with E-state index in [0.29, 0.717) is 17.7 Å². The fourth-order valence-corrected chi connectivity index (χ4v) is 4.77. The predicted molar refractivity (Wildman–Crippen MR) is 113 cm³/mol. The number of nitrogens with zero attached hydrogens (tertiary/aromatic N) is 2. The summed E-state index contributed by atoms with van der Waals surface area (Å²) >= 11 is 0. The van der Waals surface area contributed by atoms with Crippen LogP contribution in [-0.4, -0.2) is 57.6 Å². The number of piperidine rings is 2. The van der Waals surface area contributed by atoms with Gasteiger partial charge in [0, 0.05) is 6.04 Å². The van der Waals surface area contributed by atoms with Crippen molar-refractivity contribution in [3.05, 3.63) is 39.9 Å². The van der Waals surface area contributed by atoms with E-state index in [2.05, 4.69) is 21.7 Å². The zero-order chi connectivity index (χ0) is 20.4. The lowest BCUT2D eigenvalue weighted by molar-refractivity contribution is 0.0539. The quantitative estimate of drug-likeness (QED) is 0.599. The minimum Gasteiger partial charge on any atom is -0.392 e. The molecule has 4 N–H and O–H groups in total. The SMILES string of the molecule is Cc1cc(C2CCNCC2)cc2c(=O)n(CC(O)C[C@H]3NCCC[C@@H]3O)cnc12. The Balaban J connectivity index is 1.56.